The molecule has 0 aliphatic rings. The van der Waals surface area contributed by atoms with Gasteiger partial charge in [-0.3, -0.25) is 0 Å². The number of fused-ring (bicyclic) bond motifs is 1. The number of aromatic carboxylic acids is 1. The summed E-state index contributed by atoms with van der Waals surface area (Å²) >= 11 is 0. The number of nitrogens with one attached hydrogen (secondary N) is 2. The van der Waals surface area contributed by atoms with Crippen LogP contribution in [0.15, 0.2) is 18.2 Å². The van der Waals surface area contributed by atoms with E-state index in [1.165, 1.54) is 18.2 Å². The lowest BCUT2D eigenvalue weighted by molar-refractivity contribution is 0.0693. The first kappa shape index (κ1) is 19.3. The Bertz CT molecular complexity index is 1020. The molecular weight excluding hydrogens is 366 g/mol. The molecule has 0 saturated carbocycles. The summed E-state index contributed by atoms with van der Waals surface area (Å²) in [5, 5.41) is 42.5. The van der Waals surface area contributed by atoms with Crippen molar-refractivity contribution in [2.75, 3.05) is 17.2 Å². The number of hydrogen-bond acceptors (Lipinski definition) is 9. The second-order valence-corrected chi connectivity index (χ2v) is 6.59. The number of aromatic hydroxyl groups is 1. The number of carboxylic acid groups (broad SMARTS) is 1. The zero-order valence-corrected chi connectivity index (χ0v) is 15.6. The van der Waals surface area contributed by atoms with Gasteiger partial charge in [0.2, 0.25) is 5.95 Å². The highest BCUT2D eigenvalue weighted by Gasteiger charge is 2.18. The van der Waals surface area contributed by atoms with Crippen LogP contribution in [0.4, 0.5) is 17.5 Å². The van der Waals surface area contributed by atoms with E-state index in [2.05, 4.69) is 30.9 Å². The molecule has 0 spiro atoms. The molecule has 1 aromatic carbocycles. The second kappa shape index (κ2) is 7.64. The normalized spacial score (nSPS) is 12.3. The van der Waals surface area contributed by atoms with Crippen molar-refractivity contribution in [2.24, 2.45) is 0 Å². The lowest BCUT2D eigenvalue weighted by Gasteiger charge is -2.12. The number of aliphatic hydroxyl groups is 1. The molecule has 28 heavy (non-hydrogen) atoms. The molecule has 1 unspecified atom stereocenters. The quantitative estimate of drug-likeness (QED) is 0.378. The lowest BCUT2D eigenvalue weighted by atomic mass is 10.2. The third-order valence-corrected chi connectivity index (χ3v) is 3.86. The van der Waals surface area contributed by atoms with E-state index in [-0.39, 0.29) is 29.8 Å². The van der Waals surface area contributed by atoms with Crippen LogP contribution in [-0.2, 0) is 0 Å². The van der Waals surface area contributed by atoms with Crippen molar-refractivity contribution in [1.82, 2.24) is 25.0 Å². The molecule has 1 atom stereocenters. The van der Waals surface area contributed by atoms with Crippen LogP contribution in [0.25, 0.3) is 11.2 Å². The molecule has 11 nitrogen and oxygen atoms in total. The first-order valence-electron chi connectivity index (χ1n) is 8.64. The first-order valence-corrected chi connectivity index (χ1v) is 8.64. The van der Waals surface area contributed by atoms with Crippen LogP contribution in [-0.4, -0.2) is 58.9 Å². The molecule has 148 valence electrons. The van der Waals surface area contributed by atoms with Crippen LogP contribution in [0.2, 0.25) is 0 Å². The Balaban J connectivity index is 2.06. The van der Waals surface area contributed by atoms with Crippen molar-refractivity contribution < 1.29 is 20.1 Å². The summed E-state index contributed by atoms with van der Waals surface area (Å²) in [7, 11) is 0. The minimum Gasteiger partial charge on any atom is -0.507 e. The smallest absolute Gasteiger partial charge is 0.339 e. The van der Waals surface area contributed by atoms with Crippen LogP contribution in [0, 0.1) is 0 Å². The zero-order valence-electron chi connectivity index (χ0n) is 15.6. The van der Waals surface area contributed by atoms with Crippen molar-refractivity contribution in [3.05, 3.63) is 23.8 Å². The molecule has 2 heterocycles. The molecule has 0 amide bonds. The highest BCUT2D eigenvalue weighted by molar-refractivity contribution is 5.93. The summed E-state index contributed by atoms with van der Waals surface area (Å²) in [4.78, 5) is 20.0. The predicted octanol–water partition coefficient (Wildman–Crippen LogP) is 1.74. The van der Waals surface area contributed by atoms with Gasteiger partial charge in [-0.1, -0.05) is 5.21 Å². The Morgan fingerprint density at radius 3 is 2.64 bits per heavy atom. The number of anilines is 3. The second-order valence-electron chi connectivity index (χ2n) is 6.59. The molecule has 3 aromatic rings. The number of carboxylic acids is 1. The molecule has 2 aromatic heterocycles. The minimum absolute atomic E-state index is 0.00431. The van der Waals surface area contributed by atoms with E-state index in [0.29, 0.717) is 22.7 Å². The average molecular weight is 387 g/mol. The van der Waals surface area contributed by atoms with Gasteiger partial charge in [0.25, 0.3) is 0 Å². The van der Waals surface area contributed by atoms with Crippen molar-refractivity contribution in [3.63, 3.8) is 0 Å². The van der Waals surface area contributed by atoms with E-state index >= 15 is 0 Å². The van der Waals surface area contributed by atoms with Gasteiger partial charge in [-0.15, -0.1) is 5.10 Å². The molecule has 0 saturated heterocycles. The fourth-order valence-corrected chi connectivity index (χ4v) is 2.50. The van der Waals surface area contributed by atoms with Gasteiger partial charge in [0.15, 0.2) is 17.0 Å². The maximum Gasteiger partial charge on any atom is 0.339 e. The number of nitrogens with zero attached hydrogens (tertiary/aromatic N) is 5. The van der Waals surface area contributed by atoms with Crippen molar-refractivity contribution in [2.45, 2.75) is 32.9 Å². The van der Waals surface area contributed by atoms with Gasteiger partial charge >= 0.3 is 5.97 Å². The van der Waals surface area contributed by atoms with Crippen LogP contribution >= 0.6 is 0 Å². The maximum atomic E-state index is 11.2. The van der Waals surface area contributed by atoms with E-state index in [1.54, 1.807) is 11.6 Å². The summed E-state index contributed by atoms with van der Waals surface area (Å²) in [6.07, 6.45) is -0.598. The van der Waals surface area contributed by atoms with E-state index in [0.717, 1.165) is 0 Å². The number of aliphatic hydroxyl groups excluding tert-OH is 1. The summed E-state index contributed by atoms with van der Waals surface area (Å²) in [6.45, 7) is 5.75. The van der Waals surface area contributed by atoms with Crippen LogP contribution < -0.4 is 10.6 Å². The third-order valence-electron chi connectivity index (χ3n) is 3.86. The Morgan fingerprint density at radius 2 is 2.00 bits per heavy atom. The predicted molar refractivity (Wildman–Crippen MR) is 102 cm³/mol. The van der Waals surface area contributed by atoms with E-state index in [4.69, 9.17) is 0 Å². The summed E-state index contributed by atoms with van der Waals surface area (Å²) in [6, 6.07) is 4.10. The summed E-state index contributed by atoms with van der Waals surface area (Å²) < 4.78 is 1.63. The van der Waals surface area contributed by atoms with Gasteiger partial charge in [0.05, 0.1) is 12.1 Å². The average Bonchev–Trinajstić information content (AvgIpc) is 3.05. The number of benzene rings is 1. The standard InChI is InChI=1S/C17H21N7O4/c1-8(2)24-15-13(22-23-24)14(20-17(21-15)18-7-9(3)25)19-10-4-5-12(26)11(6-10)16(27)28/h4-6,8-9,25-26H,7H2,1-3H3,(H,27,28)(H2,18,19,20,21). The monoisotopic (exact) mass is 387 g/mol. The summed E-state index contributed by atoms with van der Waals surface area (Å²) in [5.41, 5.74) is 1.04. The molecule has 0 aliphatic carbocycles. The van der Waals surface area contributed by atoms with Crippen molar-refractivity contribution >= 4 is 34.6 Å². The number of rotatable bonds is 7. The van der Waals surface area contributed by atoms with Crippen LogP contribution in [0.5, 0.6) is 5.75 Å². The van der Waals surface area contributed by atoms with Crippen molar-refractivity contribution in [1.29, 1.82) is 0 Å². The van der Waals surface area contributed by atoms with Gasteiger partial charge in [-0.05, 0) is 39.0 Å². The molecule has 0 radical (unpaired) electrons. The van der Waals surface area contributed by atoms with Crippen molar-refractivity contribution in [3.8, 4) is 5.75 Å². The molecule has 11 heteroatoms. The SMILES string of the molecule is CC(O)CNc1nc(Nc2ccc(O)c(C(=O)O)c2)c2nnn(C(C)C)c2n1. The van der Waals surface area contributed by atoms with Gasteiger partial charge in [-0.25, -0.2) is 9.48 Å². The number of hydrogen-bond donors (Lipinski definition) is 5. The Hall–Kier alpha value is -3.47. The zero-order chi connectivity index (χ0) is 20.4. The van der Waals surface area contributed by atoms with E-state index in [9.17, 15) is 20.1 Å². The maximum absolute atomic E-state index is 11.2. The van der Waals surface area contributed by atoms with Gasteiger partial charge in [-0.2, -0.15) is 9.97 Å². The lowest BCUT2D eigenvalue weighted by Crippen LogP contribution is -2.17. The molecule has 0 aliphatic heterocycles. The van der Waals surface area contributed by atoms with Crippen LogP contribution in [0.3, 0.4) is 0 Å². The molecule has 0 bridgehead atoms. The topological polar surface area (TPSA) is 158 Å². The van der Waals surface area contributed by atoms with Gasteiger partial charge in [0.1, 0.15) is 11.3 Å². The number of carbonyl (C=O) groups is 1. The summed E-state index contributed by atoms with van der Waals surface area (Å²) in [5.74, 6) is -1.01. The minimum atomic E-state index is -1.25. The fourth-order valence-electron chi connectivity index (χ4n) is 2.50. The molecule has 5 N–H and O–H groups in total. The largest absolute Gasteiger partial charge is 0.507 e. The highest BCUT2D eigenvalue weighted by atomic mass is 16.4. The molecule has 0 fully saturated rings. The highest BCUT2D eigenvalue weighted by Crippen LogP contribution is 2.27. The fraction of sp³-hybridized carbons (Fsp3) is 0.353. The first-order chi connectivity index (χ1) is 13.3. The van der Waals surface area contributed by atoms with E-state index < -0.39 is 12.1 Å². The molecule has 3 rings (SSSR count). The molecular formula is C17H21N7O4. The Kier molecular flexibility index (Phi) is 5.27. The Labute approximate surface area is 160 Å². The van der Waals surface area contributed by atoms with Crippen LogP contribution in [0.1, 0.15) is 37.2 Å². The van der Waals surface area contributed by atoms with Gasteiger partial charge < -0.3 is 26.0 Å². The third kappa shape index (κ3) is 3.93. The van der Waals surface area contributed by atoms with E-state index in [1.807, 2.05) is 13.8 Å². The Morgan fingerprint density at radius 1 is 1.25 bits per heavy atom. The number of phenols is 1. The number of aromatic nitrogens is 5. The van der Waals surface area contributed by atoms with Gasteiger partial charge in [0, 0.05) is 12.2 Å².